The fourth-order valence-electron chi connectivity index (χ4n) is 1.93. The molecule has 6 nitrogen and oxygen atoms in total. The molecular weight excluding hydrogens is 240 g/mol. The van der Waals surface area contributed by atoms with E-state index in [1.807, 2.05) is 0 Å². The molecular formula is C12H24O6. The van der Waals surface area contributed by atoms with E-state index in [1.54, 1.807) is 0 Å². The van der Waals surface area contributed by atoms with Gasteiger partial charge in [0.1, 0.15) is 24.4 Å². The Kier molecular flexibility index (Phi) is 7.06. The number of aliphatic hydroxyl groups excluding tert-OH is 4. The fourth-order valence-corrected chi connectivity index (χ4v) is 1.93. The predicted octanol–water partition coefficient (Wildman–Crippen LogP) is -0.617. The second-order valence-corrected chi connectivity index (χ2v) is 4.63. The van der Waals surface area contributed by atoms with Crippen molar-refractivity contribution in [1.82, 2.24) is 0 Å². The van der Waals surface area contributed by atoms with Crippen LogP contribution in [0.5, 0.6) is 0 Å². The van der Waals surface area contributed by atoms with Crippen molar-refractivity contribution in [2.45, 2.75) is 63.3 Å². The van der Waals surface area contributed by atoms with Crippen LogP contribution in [0.4, 0.5) is 0 Å². The lowest BCUT2D eigenvalue weighted by Crippen LogP contribution is -2.59. The molecule has 0 aromatic carbocycles. The summed E-state index contributed by atoms with van der Waals surface area (Å²) >= 11 is 0. The molecule has 18 heavy (non-hydrogen) atoms. The lowest BCUT2D eigenvalue weighted by atomic mass is 9.99. The van der Waals surface area contributed by atoms with Crippen LogP contribution in [0.15, 0.2) is 0 Å². The summed E-state index contributed by atoms with van der Waals surface area (Å²) < 4.78 is 10.5. The first-order valence-corrected chi connectivity index (χ1v) is 6.54. The van der Waals surface area contributed by atoms with Gasteiger partial charge < -0.3 is 29.9 Å². The Hall–Kier alpha value is -0.240. The molecule has 6 heteroatoms. The molecule has 0 amide bonds. The Morgan fingerprint density at radius 2 is 1.72 bits per heavy atom. The number of hydrogen-bond donors (Lipinski definition) is 4. The molecule has 1 aliphatic heterocycles. The highest BCUT2D eigenvalue weighted by Crippen LogP contribution is 2.22. The van der Waals surface area contributed by atoms with Crippen LogP contribution < -0.4 is 0 Å². The van der Waals surface area contributed by atoms with Crippen molar-refractivity contribution in [2.24, 2.45) is 0 Å². The van der Waals surface area contributed by atoms with Gasteiger partial charge in [-0.1, -0.05) is 26.2 Å². The smallest absolute Gasteiger partial charge is 0.186 e. The minimum absolute atomic E-state index is 0.419. The van der Waals surface area contributed by atoms with E-state index in [9.17, 15) is 15.3 Å². The van der Waals surface area contributed by atoms with E-state index >= 15 is 0 Å². The van der Waals surface area contributed by atoms with Gasteiger partial charge in [0.2, 0.25) is 0 Å². The maximum Gasteiger partial charge on any atom is 0.186 e. The van der Waals surface area contributed by atoms with Crippen molar-refractivity contribution in [3.63, 3.8) is 0 Å². The van der Waals surface area contributed by atoms with Crippen molar-refractivity contribution in [3.05, 3.63) is 0 Å². The zero-order chi connectivity index (χ0) is 13.5. The van der Waals surface area contributed by atoms with Gasteiger partial charge in [-0.15, -0.1) is 0 Å². The van der Waals surface area contributed by atoms with E-state index in [0.29, 0.717) is 6.61 Å². The summed E-state index contributed by atoms with van der Waals surface area (Å²) in [6.45, 7) is 2.10. The molecule has 0 aromatic rings. The average molecular weight is 264 g/mol. The Morgan fingerprint density at radius 1 is 1.00 bits per heavy atom. The normalized spacial score (nSPS) is 36.8. The first kappa shape index (κ1) is 15.8. The molecule has 0 spiro atoms. The van der Waals surface area contributed by atoms with Crippen LogP contribution in [0.25, 0.3) is 0 Å². The lowest BCUT2D eigenvalue weighted by Gasteiger charge is -2.39. The highest BCUT2D eigenvalue weighted by Gasteiger charge is 2.43. The lowest BCUT2D eigenvalue weighted by molar-refractivity contribution is -0.301. The second kappa shape index (κ2) is 8.04. The summed E-state index contributed by atoms with van der Waals surface area (Å²) in [4.78, 5) is 0. The SMILES string of the molecule is CCCCCCO[C@@H]1O[C@H](CO)[C@H](O)C(O)[C@H]1O. The Balaban J connectivity index is 2.35. The number of rotatable bonds is 7. The molecule has 1 aliphatic rings. The molecule has 0 radical (unpaired) electrons. The highest BCUT2D eigenvalue weighted by atomic mass is 16.7. The summed E-state index contributed by atoms with van der Waals surface area (Å²) in [6, 6.07) is 0. The van der Waals surface area contributed by atoms with Gasteiger partial charge in [-0.25, -0.2) is 0 Å². The van der Waals surface area contributed by atoms with Crippen molar-refractivity contribution < 1.29 is 29.9 Å². The maximum atomic E-state index is 9.68. The first-order valence-electron chi connectivity index (χ1n) is 6.54. The molecule has 4 N–H and O–H groups in total. The summed E-state index contributed by atoms with van der Waals surface area (Å²) in [6.07, 6.45) is -1.75. The summed E-state index contributed by atoms with van der Waals surface area (Å²) in [5.74, 6) is 0. The minimum Gasteiger partial charge on any atom is -0.394 e. The standard InChI is InChI=1S/C12H24O6/c1-2-3-4-5-6-17-12-11(16)10(15)9(14)8(7-13)18-12/h8-16H,2-7H2,1H3/t8-,9+,10?,11-,12-/m1/s1. The molecule has 0 saturated carbocycles. The average Bonchev–Trinajstić information content (AvgIpc) is 2.38. The Bertz CT molecular complexity index is 223. The van der Waals surface area contributed by atoms with Gasteiger partial charge in [-0.3, -0.25) is 0 Å². The molecule has 0 aliphatic carbocycles. The number of hydrogen-bond acceptors (Lipinski definition) is 6. The van der Waals surface area contributed by atoms with Gasteiger partial charge in [-0.2, -0.15) is 0 Å². The largest absolute Gasteiger partial charge is 0.394 e. The summed E-state index contributed by atoms with van der Waals surface area (Å²) in [5, 5.41) is 37.8. The predicted molar refractivity (Wildman–Crippen MR) is 63.9 cm³/mol. The van der Waals surface area contributed by atoms with Gasteiger partial charge in [0.25, 0.3) is 0 Å². The maximum absolute atomic E-state index is 9.68. The third-order valence-corrected chi connectivity index (χ3v) is 3.13. The molecule has 0 bridgehead atoms. The van der Waals surface area contributed by atoms with E-state index < -0.39 is 37.3 Å². The van der Waals surface area contributed by atoms with Crippen LogP contribution in [0.2, 0.25) is 0 Å². The summed E-state index contributed by atoms with van der Waals surface area (Å²) in [7, 11) is 0. The van der Waals surface area contributed by atoms with Crippen LogP contribution in [-0.4, -0.2) is 64.3 Å². The van der Waals surface area contributed by atoms with E-state index in [0.717, 1.165) is 25.7 Å². The van der Waals surface area contributed by atoms with Gasteiger partial charge >= 0.3 is 0 Å². The minimum atomic E-state index is -1.36. The van der Waals surface area contributed by atoms with Gasteiger partial charge in [0, 0.05) is 6.61 Å². The highest BCUT2D eigenvalue weighted by molar-refractivity contribution is 4.88. The zero-order valence-electron chi connectivity index (χ0n) is 10.7. The molecule has 108 valence electrons. The van der Waals surface area contributed by atoms with E-state index in [4.69, 9.17) is 14.6 Å². The topological polar surface area (TPSA) is 99.4 Å². The first-order chi connectivity index (χ1) is 8.61. The zero-order valence-corrected chi connectivity index (χ0v) is 10.7. The monoisotopic (exact) mass is 264 g/mol. The molecule has 1 rings (SSSR count). The van der Waals surface area contributed by atoms with Crippen molar-refractivity contribution >= 4 is 0 Å². The quantitative estimate of drug-likeness (QED) is 0.458. The number of unbranched alkanes of at least 4 members (excludes halogenated alkanes) is 3. The molecule has 1 saturated heterocycles. The van der Waals surface area contributed by atoms with Crippen LogP contribution in [0.3, 0.4) is 0 Å². The number of ether oxygens (including phenoxy) is 2. The van der Waals surface area contributed by atoms with Crippen LogP contribution in [-0.2, 0) is 9.47 Å². The van der Waals surface area contributed by atoms with Crippen LogP contribution >= 0.6 is 0 Å². The Labute approximate surface area is 107 Å². The molecule has 1 heterocycles. The molecule has 1 fully saturated rings. The fraction of sp³-hybridized carbons (Fsp3) is 1.00. The van der Waals surface area contributed by atoms with Crippen molar-refractivity contribution in [1.29, 1.82) is 0 Å². The van der Waals surface area contributed by atoms with Crippen LogP contribution in [0, 0.1) is 0 Å². The summed E-state index contributed by atoms with van der Waals surface area (Å²) in [5.41, 5.74) is 0. The van der Waals surface area contributed by atoms with E-state index in [1.165, 1.54) is 0 Å². The second-order valence-electron chi connectivity index (χ2n) is 4.63. The van der Waals surface area contributed by atoms with Gasteiger partial charge in [-0.05, 0) is 6.42 Å². The van der Waals surface area contributed by atoms with E-state index in [2.05, 4.69) is 6.92 Å². The van der Waals surface area contributed by atoms with E-state index in [-0.39, 0.29) is 0 Å². The molecule has 0 aromatic heterocycles. The third-order valence-electron chi connectivity index (χ3n) is 3.13. The van der Waals surface area contributed by atoms with Gasteiger partial charge in [0.05, 0.1) is 6.61 Å². The van der Waals surface area contributed by atoms with Crippen molar-refractivity contribution in [2.75, 3.05) is 13.2 Å². The third kappa shape index (κ3) is 4.15. The van der Waals surface area contributed by atoms with Gasteiger partial charge in [0.15, 0.2) is 6.29 Å². The molecule has 1 unspecified atom stereocenters. The molecule has 5 atom stereocenters. The number of aliphatic hydroxyl groups is 4. The van der Waals surface area contributed by atoms with Crippen LogP contribution in [0.1, 0.15) is 32.6 Å². The Morgan fingerprint density at radius 3 is 2.33 bits per heavy atom. The van der Waals surface area contributed by atoms with Crippen molar-refractivity contribution in [3.8, 4) is 0 Å².